The summed E-state index contributed by atoms with van der Waals surface area (Å²) in [7, 11) is 0. The molecule has 0 radical (unpaired) electrons. The van der Waals surface area contributed by atoms with Crippen molar-refractivity contribution in [3.05, 3.63) is 20.8 Å². The molecule has 2 unspecified atom stereocenters. The molecule has 0 saturated carbocycles. The predicted molar refractivity (Wildman–Crippen MR) is 77.3 cm³/mol. The van der Waals surface area contributed by atoms with Gasteiger partial charge >= 0.3 is 0 Å². The Morgan fingerprint density at radius 2 is 2.19 bits per heavy atom. The Bertz CT molecular complexity index is 298. The van der Waals surface area contributed by atoms with Crippen LogP contribution in [-0.4, -0.2) is 12.6 Å². The van der Waals surface area contributed by atoms with Crippen LogP contribution in [0.3, 0.4) is 0 Å². The highest BCUT2D eigenvalue weighted by Gasteiger charge is 2.17. The van der Waals surface area contributed by atoms with Gasteiger partial charge in [-0.3, -0.25) is 0 Å². The SMILES string of the molecule is CCCNC(Cc1sccc1Br)C(C)CC. The molecule has 0 bridgehead atoms. The van der Waals surface area contributed by atoms with Gasteiger partial charge in [-0.15, -0.1) is 11.3 Å². The average Bonchev–Trinajstić information content (AvgIpc) is 2.69. The third-order valence-corrected chi connectivity index (χ3v) is 5.03. The van der Waals surface area contributed by atoms with Crippen molar-refractivity contribution < 1.29 is 0 Å². The fourth-order valence-corrected chi connectivity index (χ4v) is 3.33. The van der Waals surface area contributed by atoms with Gasteiger partial charge in [0.05, 0.1) is 0 Å². The van der Waals surface area contributed by atoms with Crippen LogP contribution in [0, 0.1) is 5.92 Å². The van der Waals surface area contributed by atoms with Crippen LogP contribution in [0.25, 0.3) is 0 Å². The van der Waals surface area contributed by atoms with Crippen molar-refractivity contribution in [1.82, 2.24) is 5.32 Å². The summed E-state index contributed by atoms with van der Waals surface area (Å²) in [6.07, 6.45) is 3.59. The summed E-state index contributed by atoms with van der Waals surface area (Å²) in [5.41, 5.74) is 0. The van der Waals surface area contributed by atoms with E-state index < -0.39 is 0 Å². The largest absolute Gasteiger partial charge is 0.313 e. The van der Waals surface area contributed by atoms with Gasteiger partial charge < -0.3 is 5.32 Å². The molecule has 92 valence electrons. The van der Waals surface area contributed by atoms with Crippen molar-refractivity contribution in [3.8, 4) is 0 Å². The third kappa shape index (κ3) is 4.19. The van der Waals surface area contributed by atoms with Gasteiger partial charge in [0, 0.05) is 15.4 Å². The van der Waals surface area contributed by atoms with Crippen LogP contribution < -0.4 is 5.32 Å². The Balaban J connectivity index is 2.59. The van der Waals surface area contributed by atoms with E-state index in [1.165, 1.54) is 22.2 Å². The van der Waals surface area contributed by atoms with E-state index >= 15 is 0 Å². The Labute approximate surface area is 112 Å². The van der Waals surface area contributed by atoms with Crippen LogP contribution in [0.4, 0.5) is 0 Å². The van der Waals surface area contributed by atoms with Gasteiger partial charge in [0.2, 0.25) is 0 Å². The molecular weight excluding hydrogens is 282 g/mol. The molecule has 0 aliphatic carbocycles. The molecule has 0 aliphatic heterocycles. The lowest BCUT2D eigenvalue weighted by molar-refractivity contribution is 0.366. The quantitative estimate of drug-likeness (QED) is 0.784. The molecule has 1 N–H and O–H groups in total. The Morgan fingerprint density at radius 3 is 2.69 bits per heavy atom. The molecule has 0 spiro atoms. The molecule has 0 aliphatic rings. The molecule has 1 heterocycles. The van der Waals surface area contributed by atoms with Crippen molar-refractivity contribution in [2.24, 2.45) is 5.92 Å². The topological polar surface area (TPSA) is 12.0 Å². The molecule has 0 amide bonds. The van der Waals surface area contributed by atoms with Crippen LogP contribution in [0.15, 0.2) is 15.9 Å². The summed E-state index contributed by atoms with van der Waals surface area (Å²) in [6, 6.07) is 2.76. The van der Waals surface area contributed by atoms with Crippen molar-refractivity contribution in [2.75, 3.05) is 6.54 Å². The molecule has 0 saturated heterocycles. The maximum absolute atomic E-state index is 3.67. The van der Waals surface area contributed by atoms with Crippen LogP contribution in [0.1, 0.15) is 38.5 Å². The van der Waals surface area contributed by atoms with E-state index in [-0.39, 0.29) is 0 Å². The first-order valence-electron chi connectivity index (χ1n) is 6.14. The number of halogens is 1. The monoisotopic (exact) mass is 303 g/mol. The van der Waals surface area contributed by atoms with Crippen LogP contribution in [-0.2, 0) is 6.42 Å². The fourth-order valence-electron chi connectivity index (χ4n) is 1.76. The highest BCUT2D eigenvalue weighted by atomic mass is 79.9. The second kappa shape index (κ2) is 7.46. The van der Waals surface area contributed by atoms with Crippen LogP contribution in [0.5, 0.6) is 0 Å². The average molecular weight is 304 g/mol. The lowest BCUT2D eigenvalue weighted by Gasteiger charge is -2.24. The molecule has 0 fully saturated rings. The Morgan fingerprint density at radius 1 is 1.44 bits per heavy atom. The molecule has 1 rings (SSSR count). The van der Waals surface area contributed by atoms with E-state index in [0.717, 1.165) is 18.9 Å². The second-order valence-electron chi connectivity index (χ2n) is 4.34. The van der Waals surface area contributed by atoms with E-state index in [0.29, 0.717) is 6.04 Å². The molecule has 0 aromatic carbocycles. The Hall–Kier alpha value is 0.140. The van der Waals surface area contributed by atoms with E-state index in [4.69, 9.17) is 0 Å². The van der Waals surface area contributed by atoms with Gasteiger partial charge in [0.25, 0.3) is 0 Å². The van der Waals surface area contributed by atoms with Crippen LogP contribution in [0.2, 0.25) is 0 Å². The molecule has 1 aromatic rings. The zero-order chi connectivity index (χ0) is 12.0. The number of hydrogen-bond donors (Lipinski definition) is 1. The zero-order valence-electron chi connectivity index (χ0n) is 10.4. The fraction of sp³-hybridized carbons (Fsp3) is 0.692. The standard InChI is InChI=1S/C13H22BrNS/c1-4-7-15-12(10(3)5-2)9-13-11(14)6-8-16-13/h6,8,10,12,15H,4-5,7,9H2,1-3H3. The van der Waals surface area contributed by atoms with Gasteiger partial charge in [-0.25, -0.2) is 0 Å². The van der Waals surface area contributed by atoms with E-state index in [9.17, 15) is 0 Å². The summed E-state index contributed by atoms with van der Waals surface area (Å²) < 4.78 is 1.27. The van der Waals surface area contributed by atoms with Crippen LogP contribution >= 0.6 is 27.3 Å². The van der Waals surface area contributed by atoms with Gasteiger partial charge in [-0.05, 0) is 52.7 Å². The maximum atomic E-state index is 3.67. The molecule has 1 aromatic heterocycles. The lowest BCUT2D eigenvalue weighted by atomic mass is 9.95. The summed E-state index contributed by atoms with van der Waals surface area (Å²) >= 11 is 5.47. The number of nitrogens with one attached hydrogen (secondary N) is 1. The van der Waals surface area contributed by atoms with Crippen molar-refractivity contribution in [1.29, 1.82) is 0 Å². The van der Waals surface area contributed by atoms with Crippen molar-refractivity contribution >= 4 is 27.3 Å². The summed E-state index contributed by atoms with van der Waals surface area (Å²) in [4.78, 5) is 1.47. The van der Waals surface area contributed by atoms with E-state index in [1.807, 2.05) is 11.3 Å². The molecule has 2 atom stereocenters. The van der Waals surface area contributed by atoms with Gasteiger partial charge in [-0.1, -0.05) is 27.2 Å². The minimum absolute atomic E-state index is 0.611. The summed E-state index contributed by atoms with van der Waals surface area (Å²) in [5, 5.41) is 5.83. The predicted octanol–water partition coefficient (Wildman–Crippen LogP) is 4.47. The van der Waals surface area contributed by atoms with Gasteiger partial charge in [-0.2, -0.15) is 0 Å². The number of thiophene rings is 1. The normalized spacial score (nSPS) is 15.0. The van der Waals surface area contributed by atoms with Crippen molar-refractivity contribution in [2.45, 2.75) is 46.1 Å². The first-order chi connectivity index (χ1) is 7.69. The second-order valence-corrected chi connectivity index (χ2v) is 6.20. The minimum atomic E-state index is 0.611. The smallest absolute Gasteiger partial charge is 0.0314 e. The number of rotatable bonds is 7. The third-order valence-electron chi connectivity index (χ3n) is 3.08. The zero-order valence-corrected chi connectivity index (χ0v) is 12.8. The van der Waals surface area contributed by atoms with Gasteiger partial charge in [0.1, 0.15) is 0 Å². The summed E-state index contributed by atoms with van der Waals surface area (Å²) in [6.45, 7) is 7.96. The van der Waals surface area contributed by atoms with E-state index in [1.54, 1.807) is 0 Å². The lowest BCUT2D eigenvalue weighted by Crippen LogP contribution is -2.37. The molecule has 3 heteroatoms. The highest BCUT2D eigenvalue weighted by molar-refractivity contribution is 9.10. The maximum Gasteiger partial charge on any atom is 0.0314 e. The van der Waals surface area contributed by atoms with Gasteiger partial charge in [0.15, 0.2) is 0 Å². The first-order valence-corrected chi connectivity index (χ1v) is 7.81. The Kier molecular flexibility index (Phi) is 6.62. The number of hydrogen-bond acceptors (Lipinski definition) is 2. The molecular formula is C13H22BrNS. The first kappa shape index (κ1) is 14.2. The molecule has 1 nitrogen and oxygen atoms in total. The van der Waals surface area contributed by atoms with E-state index in [2.05, 4.69) is 53.5 Å². The minimum Gasteiger partial charge on any atom is -0.313 e. The highest BCUT2D eigenvalue weighted by Crippen LogP contribution is 2.26. The summed E-state index contributed by atoms with van der Waals surface area (Å²) in [5.74, 6) is 0.737. The van der Waals surface area contributed by atoms with Crippen molar-refractivity contribution in [3.63, 3.8) is 0 Å². The molecule has 16 heavy (non-hydrogen) atoms.